The molecule has 3 unspecified atom stereocenters. The lowest BCUT2D eigenvalue weighted by atomic mass is 10.1. The number of hydrogen-bond acceptors (Lipinski definition) is 3. The Morgan fingerprint density at radius 1 is 1.50 bits per heavy atom. The molecule has 84 valence electrons. The van der Waals surface area contributed by atoms with Gasteiger partial charge in [-0.1, -0.05) is 13.3 Å². The maximum Gasteiger partial charge on any atom is 0.0499 e. The van der Waals surface area contributed by atoms with Crippen molar-refractivity contribution in [1.82, 2.24) is 5.32 Å². The van der Waals surface area contributed by atoms with E-state index in [1.807, 2.05) is 11.8 Å². The predicted molar refractivity (Wildman–Crippen MR) is 64.0 cm³/mol. The van der Waals surface area contributed by atoms with Crippen molar-refractivity contribution in [1.29, 1.82) is 0 Å². The van der Waals surface area contributed by atoms with E-state index in [2.05, 4.69) is 18.5 Å². The first-order chi connectivity index (χ1) is 6.77. The molecular formula is C11H23NOS. The van der Waals surface area contributed by atoms with Gasteiger partial charge in [0.05, 0.1) is 0 Å². The van der Waals surface area contributed by atoms with Crippen molar-refractivity contribution in [2.75, 3.05) is 26.5 Å². The lowest BCUT2D eigenvalue weighted by Gasteiger charge is -2.21. The molecule has 0 aliphatic heterocycles. The first kappa shape index (κ1) is 12.3. The molecule has 14 heavy (non-hydrogen) atoms. The van der Waals surface area contributed by atoms with Crippen molar-refractivity contribution in [2.45, 2.75) is 37.5 Å². The fraction of sp³-hybridized carbons (Fsp3) is 1.00. The van der Waals surface area contributed by atoms with E-state index in [0.717, 1.165) is 24.4 Å². The Labute approximate surface area is 92.2 Å². The number of hydrogen-bond donors (Lipinski definition) is 1. The maximum atomic E-state index is 5.13. The van der Waals surface area contributed by atoms with Crippen LogP contribution in [0.3, 0.4) is 0 Å². The minimum atomic E-state index is 0.628. The molecule has 1 aliphatic carbocycles. The van der Waals surface area contributed by atoms with Crippen molar-refractivity contribution in [3.63, 3.8) is 0 Å². The molecule has 2 nitrogen and oxygen atoms in total. The summed E-state index contributed by atoms with van der Waals surface area (Å²) in [5, 5.41) is 4.50. The van der Waals surface area contributed by atoms with Gasteiger partial charge in [0.15, 0.2) is 0 Å². The van der Waals surface area contributed by atoms with Gasteiger partial charge >= 0.3 is 0 Å². The van der Waals surface area contributed by atoms with Gasteiger partial charge < -0.3 is 10.1 Å². The van der Waals surface area contributed by atoms with Crippen LogP contribution >= 0.6 is 11.8 Å². The van der Waals surface area contributed by atoms with Crippen LogP contribution in [-0.2, 0) is 4.74 Å². The Bertz CT molecular complexity index is 154. The van der Waals surface area contributed by atoms with Crippen LogP contribution in [0.25, 0.3) is 0 Å². The molecule has 0 bridgehead atoms. The van der Waals surface area contributed by atoms with Crippen molar-refractivity contribution in [2.24, 2.45) is 5.92 Å². The molecule has 0 radical (unpaired) electrons. The summed E-state index contributed by atoms with van der Waals surface area (Å²) in [6.45, 7) is 4.19. The Morgan fingerprint density at radius 2 is 2.29 bits per heavy atom. The van der Waals surface area contributed by atoms with E-state index in [4.69, 9.17) is 4.74 Å². The van der Waals surface area contributed by atoms with Gasteiger partial charge in [0.1, 0.15) is 0 Å². The van der Waals surface area contributed by atoms with E-state index in [1.54, 1.807) is 7.11 Å². The average molecular weight is 217 g/mol. The first-order valence-corrected chi connectivity index (χ1v) is 6.81. The second kappa shape index (κ2) is 6.70. The summed E-state index contributed by atoms with van der Waals surface area (Å²) in [6.07, 6.45) is 6.35. The Morgan fingerprint density at radius 3 is 2.93 bits per heavy atom. The van der Waals surface area contributed by atoms with Crippen molar-refractivity contribution in [3.8, 4) is 0 Å². The van der Waals surface area contributed by atoms with Crippen LogP contribution in [0.1, 0.15) is 26.2 Å². The van der Waals surface area contributed by atoms with Crippen LogP contribution in [0, 0.1) is 5.92 Å². The van der Waals surface area contributed by atoms with Crippen molar-refractivity contribution in [3.05, 3.63) is 0 Å². The summed E-state index contributed by atoms with van der Waals surface area (Å²) < 4.78 is 5.13. The third-order valence-electron chi connectivity index (χ3n) is 2.93. The number of rotatable bonds is 6. The molecule has 0 aromatic rings. The van der Waals surface area contributed by atoms with Crippen LogP contribution in [0.15, 0.2) is 0 Å². The van der Waals surface area contributed by atoms with Crippen LogP contribution < -0.4 is 5.32 Å². The maximum absolute atomic E-state index is 5.13. The summed E-state index contributed by atoms with van der Waals surface area (Å²) in [5.74, 6) is 0.628. The summed E-state index contributed by atoms with van der Waals surface area (Å²) >= 11 is 2.01. The molecular weight excluding hydrogens is 194 g/mol. The zero-order chi connectivity index (χ0) is 10.4. The lowest BCUT2D eigenvalue weighted by molar-refractivity contribution is 0.157. The van der Waals surface area contributed by atoms with E-state index in [1.165, 1.54) is 19.3 Å². The predicted octanol–water partition coefficient (Wildman–Crippen LogP) is 2.14. The topological polar surface area (TPSA) is 21.3 Å². The smallest absolute Gasteiger partial charge is 0.0499 e. The van der Waals surface area contributed by atoms with Gasteiger partial charge in [0.25, 0.3) is 0 Å². The van der Waals surface area contributed by atoms with Crippen molar-refractivity contribution >= 4 is 11.8 Å². The van der Waals surface area contributed by atoms with Gasteiger partial charge in [0, 0.05) is 31.6 Å². The minimum absolute atomic E-state index is 0.628. The van der Waals surface area contributed by atoms with Gasteiger partial charge in [-0.2, -0.15) is 11.8 Å². The normalized spacial score (nSPS) is 29.4. The number of methoxy groups -OCH3 is 1. The highest BCUT2D eigenvalue weighted by molar-refractivity contribution is 7.99. The molecule has 3 heteroatoms. The molecule has 0 amide bonds. The standard InChI is InChI=1S/C11H23NOS/c1-9(8-13-2)7-12-10-5-4-6-11(10)14-3/h9-12H,4-8H2,1-3H3. The zero-order valence-corrected chi connectivity index (χ0v) is 10.4. The summed E-state index contributed by atoms with van der Waals surface area (Å²) in [7, 11) is 1.77. The quantitative estimate of drug-likeness (QED) is 0.736. The van der Waals surface area contributed by atoms with E-state index in [9.17, 15) is 0 Å². The van der Waals surface area contributed by atoms with Gasteiger partial charge in [-0.05, 0) is 25.0 Å². The molecule has 1 aliphatic rings. The second-order valence-corrected chi connectivity index (χ2v) is 5.36. The lowest BCUT2D eigenvalue weighted by Crippen LogP contribution is -2.37. The highest BCUT2D eigenvalue weighted by atomic mass is 32.2. The van der Waals surface area contributed by atoms with Crippen LogP contribution in [0.4, 0.5) is 0 Å². The van der Waals surface area contributed by atoms with Crippen LogP contribution in [0.5, 0.6) is 0 Å². The minimum Gasteiger partial charge on any atom is -0.384 e. The third-order valence-corrected chi connectivity index (χ3v) is 4.10. The summed E-state index contributed by atoms with van der Waals surface area (Å²) in [4.78, 5) is 0. The molecule has 0 saturated heterocycles. The first-order valence-electron chi connectivity index (χ1n) is 5.53. The van der Waals surface area contributed by atoms with Crippen molar-refractivity contribution < 1.29 is 4.74 Å². The fourth-order valence-electron chi connectivity index (χ4n) is 2.14. The van der Waals surface area contributed by atoms with E-state index < -0.39 is 0 Å². The largest absolute Gasteiger partial charge is 0.384 e. The Balaban J connectivity index is 2.16. The molecule has 0 spiro atoms. The van der Waals surface area contributed by atoms with Crippen LogP contribution in [-0.4, -0.2) is 37.8 Å². The number of nitrogens with one attached hydrogen (secondary N) is 1. The summed E-state index contributed by atoms with van der Waals surface area (Å²) in [6, 6.07) is 0.740. The van der Waals surface area contributed by atoms with Gasteiger partial charge in [-0.3, -0.25) is 0 Å². The summed E-state index contributed by atoms with van der Waals surface area (Å²) in [5.41, 5.74) is 0. The highest BCUT2D eigenvalue weighted by Crippen LogP contribution is 2.28. The average Bonchev–Trinajstić information content (AvgIpc) is 2.62. The molecule has 1 rings (SSSR count). The Hall–Kier alpha value is 0.270. The number of thioether (sulfide) groups is 1. The molecule has 0 aromatic heterocycles. The zero-order valence-electron chi connectivity index (χ0n) is 9.58. The monoisotopic (exact) mass is 217 g/mol. The third kappa shape index (κ3) is 3.79. The molecule has 3 atom stereocenters. The molecule has 1 saturated carbocycles. The number of ether oxygens (including phenoxy) is 1. The molecule has 0 heterocycles. The SMILES string of the molecule is COCC(C)CNC1CCCC1SC. The van der Waals surface area contributed by atoms with E-state index in [-0.39, 0.29) is 0 Å². The Kier molecular flexibility index (Phi) is 5.90. The van der Waals surface area contributed by atoms with E-state index >= 15 is 0 Å². The molecule has 1 fully saturated rings. The second-order valence-electron chi connectivity index (χ2n) is 4.28. The van der Waals surface area contributed by atoms with E-state index in [0.29, 0.717) is 5.92 Å². The fourth-order valence-corrected chi connectivity index (χ4v) is 3.10. The molecule has 0 aromatic carbocycles. The highest BCUT2D eigenvalue weighted by Gasteiger charge is 2.25. The van der Waals surface area contributed by atoms with Crippen LogP contribution in [0.2, 0.25) is 0 Å². The van der Waals surface area contributed by atoms with Gasteiger partial charge in [0.2, 0.25) is 0 Å². The van der Waals surface area contributed by atoms with Gasteiger partial charge in [-0.25, -0.2) is 0 Å². The van der Waals surface area contributed by atoms with Gasteiger partial charge in [-0.15, -0.1) is 0 Å². The molecule has 1 N–H and O–H groups in total.